The predicted octanol–water partition coefficient (Wildman–Crippen LogP) is 3.19. The summed E-state index contributed by atoms with van der Waals surface area (Å²) in [6.07, 6.45) is 0. The second kappa shape index (κ2) is 5.19. The maximum Gasteiger partial charge on any atom is 0.270 e. The van der Waals surface area contributed by atoms with E-state index in [2.05, 4.69) is 16.9 Å². The van der Waals surface area contributed by atoms with E-state index >= 15 is 0 Å². The van der Waals surface area contributed by atoms with Crippen LogP contribution in [0.3, 0.4) is 0 Å². The van der Waals surface area contributed by atoms with E-state index in [1.807, 2.05) is 31.2 Å². The van der Waals surface area contributed by atoms with E-state index in [1.54, 1.807) is 6.07 Å². The van der Waals surface area contributed by atoms with Crippen LogP contribution in [0.25, 0.3) is 10.8 Å². The van der Waals surface area contributed by atoms with Crippen molar-refractivity contribution in [1.82, 2.24) is 10.3 Å². The zero-order valence-corrected chi connectivity index (χ0v) is 10.8. The molecule has 0 atom stereocenters. The topological polar surface area (TPSA) is 42.0 Å². The van der Waals surface area contributed by atoms with Gasteiger partial charge in [-0.1, -0.05) is 48.0 Å². The van der Waals surface area contributed by atoms with E-state index in [0.29, 0.717) is 17.4 Å². The third-order valence-corrected chi connectivity index (χ3v) is 2.77. The van der Waals surface area contributed by atoms with Crippen molar-refractivity contribution >= 4 is 28.3 Å². The zero-order chi connectivity index (χ0) is 13.1. The first-order chi connectivity index (χ1) is 8.58. The number of amides is 1. The Morgan fingerprint density at radius 1 is 1.44 bits per heavy atom. The van der Waals surface area contributed by atoms with Crippen molar-refractivity contribution in [3.8, 4) is 0 Å². The summed E-state index contributed by atoms with van der Waals surface area (Å²) in [5.74, 6) is -0.245. The van der Waals surface area contributed by atoms with E-state index in [0.717, 1.165) is 16.3 Å². The van der Waals surface area contributed by atoms with Crippen molar-refractivity contribution in [2.24, 2.45) is 0 Å². The summed E-state index contributed by atoms with van der Waals surface area (Å²) in [4.78, 5) is 16.0. The van der Waals surface area contributed by atoms with Gasteiger partial charge in [0.15, 0.2) is 0 Å². The van der Waals surface area contributed by atoms with E-state index in [4.69, 9.17) is 11.6 Å². The molecule has 2 rings (SSSR count). The Kier molecular flexibility index (Phi) is 3.63. The highest BCUT2D eigenvalue weighted by Crippen LogP contribution is 2.22. The minimum absolute atomic E-state index is 0.245. The molecule has 1 heterocycles. The molecule has 1 aromatic heterocycles. The second-order valence-corrected chi connectivity index (χ2v) is 4.52. The van der Waals surface area contributed by atoms with E-state index in [9.17, 15) is 4.79 Å². The molecule has 2 aromatic rings. The monoisotopic (exact) mass is 260 g/mol. The summed E-state index contributed by atoms with van der Waals surface area (Å²) in [6, 6.07) is 9.29. The van der Waals surface area contributed by atoms with Gasteiger partial charge in [0.05, 0.1) is 0 Å². The van der Waals surface area contributed by atoms with Crippen LogP contribution in [0.15, 0.2) is 42.5 Å². The average molecular weight is 261 g/mol. The lowest BCUT2D eigenvalue weighted by molar-refractivity contribution is 0.0952. The fourth-order valence-electron chi connectivity index (χ4n) is 1.59. The molecule has 4 heteroatoms. The van der Waals surface area contributed by atoms with Crippen LogP contribution in [0.2, 0.25) is 5.15 Å². The maximum atomic E-state index is 11.9. The largest absolute Gasteiger partial charge is 0.347 e. The van der Waals surface area contributed by atoms with Gasteiger partial charge in [0, 0.05) is 11.9 Å². The van der Waals surface area contributed by atoms with Gasteiger partial charge in [-0.3, -0.25) is 4.79 Å². The Morgan fingerprint density at radius 3 is 2.89 bits per heavy atom. The van der Waals surface area contributed by atoms with Crippen molar-refractivity contribution < 1.29 is 4.79 Å². The molecule has 1 aromatic carbocycles. The number of carbonyl (C=O) groups excluding carboxylic acids is 1. The first-order valence-corrected chi connectivity index (χ1v) is 5.93. The fraction of sp³-hybridized carbons (Fsp3) is 0.143. The molecular weight excluding hydrogens is 248 g/mol. The Morgan fingerprint density at radius 2 is 2.17 bits per heavy atom. The Bertz CT molecular complexity index is 622. The molecule has 18 heavy (non-hydrogen) atoms. The molecule has 0 aliphatic heterocycles. The number of nitrogens with zero attached hydrogens (tertiary/aromatic N) is 1. The minimum Gasteiger partial charge on any atom is -0.347 e. The highest BCUT2D eigenvalue weighted by Gasteiger charge is 2.10. The quantitative estimate of drug-likeness (QED) is 0.680. The van der Waals surface area contributed by atoms with Gasteiger partial charge in [0.25, 0.3) is 5.91 Å². The predicted molar refractivity (Wildman–Crippen MR) is 73.9 cm³/mol. The van der Waals surface area contributed by atoms with Gasteiger partial charge in [-0.15, -0.1) is 0 Å². The summed E-state index contributed by atoms with van der Waals surface area (Å²) in [5.41, 5.74) is 1.20. The Balaban J connectivity index is 2.34. The van der Waals surface area contributed by atoms with Crippen LogP contribution >= 0.6 is 11.6 Å². The van der Waals surface area contributed by atoms with Gasteiger partial charge in [-0.05, 0) is 18.4 Å². The van der Waals surface area contributed by atoms with Crippen molar-refractivity contribution in [2.75, 3.05) is 6.54 Å². The van der Waals surface area contributed by atoms with Crippen LogP contribution in [0.4, 0.5) is 0 Å². The number of rotatable bonds is 3. The number of pyridine rings is 1. The molecule has 0 spiro atoms. The maximum absolute atomic E-state index is 11.9. The summed E-state index contributed by atoms with van der Waals surface area (Å²) >= 11 is 6.06. The standard InChI is InChI=1S/C14H13ClN2O/c1-9(2)8-16-14(18)12-7-10-5-3-4-6-11(10)13(15)17-12/h3-7H,1,8H2,2H3,(H,16,18). The van der Waals surface area contributed by atoms with Crippen LogP contribution < -0.4 is 5.32 Å². The Labute approximate surface area is 110 Å². The molecule has 0 unspecified atom stereocenters. The summed E-state index contributed by atoms with van der Waals surface area (Å²) in [5, 5.41) is 4.82. The van der Waals surface area contributed by atoms with Crippen LogP contribution in [0.5, 0.6) is 0 Å². The lowest BCUT2D eigenvalue weighted by atomic mass is 10.1. The van der Waals surface area contributed by atoms with Crippen molar-refractivity contribution in [3.05, 3.63) is 53.3 Å². The number of halogens is 1. The third-order valence-electron chi connectivity index (χ3n) is 2.48. The molecule has 92 valence electrons. The molecule has 0 aliphatic rings. The molecule has 0 saturated heterocycles. The number of carbonyl (C=O) groups is 1. The van der Waals surface area contributed by atoms with Crippen LogP contribution in [0.1, 0.15) is 17.4 Å². The second-order valence-electron chi connectivity index (χ2n) is 4.16. The normalized spacial score (nSPS) is 10.3. The van der Waals surface area contributed by atoms with Gasteiger partial charge in [-0.2, -0.15) is 0 Å². The van der Waals surface area contributed by atoms with Gasteiger partial charge >= 0.3 is 0 Å². The van der Waals surface area contributed by atoms with Gasteiger partial charge < -0.3 is 5.32 Å². The zero-order valence-electron chi connectivity index (χ0n) is 10.0. The van der Waals surface area contributed by atoms with E-state index in [-0.39, 0.29) is 5.91 Å². The smallest absolute Gasteiger partial charge is 0.270 e. The number of hydrogen-bond acceptors (Lipinski definition) is 2. The van der Waals surface area contributed by atoms with Gasteiger partial charge in [-0.25, -0.2) is 4.98 Å². The number of fused-ring (bicyclic) bond motifs is 1. The first kappa shape index (κ1) is 12.6. The molecule has 0 radical (unpaired) electrons. The third kappa shape index (κ3) is 2.68. The van der Waals surface area contributed by atoms with Crippen LogP contribution in [0, 0.1) is 0 Å². The SMILES string of the molecule is C=C(C)CNC(=O)c1cc2ccccc2c(Cl)n1. The van der Waals surface area contributed by atoms with Gasteiger partial charge in [0.2, 0.25) is 0 Å². The highest BCUT2D eigenvalue weighted by atomic mass is 35.5. The van der Waals surface area contributed by atoms with Gasteiger partial charge in [0.1, 0.15) is 10.8 Å². The van der Waals surface area contributed by atoms with Crippen LogP contribution in [-0.2, 0) is 0 Å². The first-order valence-electron chi connectivity index (χ1n) is 5.56. The molecular formula is C14H13ClN2O. The lowest BCUT2D eigenvalue weighted by Crippen LogP contribution is -2.25. The summed E-state index contributed by atoms with van der Waals surface area (Å²) < 4.78 is 0. The molecule has 0 aliphatic carbocycles. The van der Waals surface area contributed by atoms with E-state index in [1.165, 1.54) is 0 Å². The molecule has 0 saturated carbocycles. The van der Waals surface area contributed by atoms with E-state index < -0.39 is 0 Å². The summed E-state index contributed by atoms with van der Waals surface area (Å²) in [7, 11) is 0. The molecule has 3 nitrogen and oxygen atoms in total. The average Bonchev–Trinajstić information content (AvgIpc) is 2.36. The Hall–Kier alpha value is -1.87. The number of hydrogen-bond donors (Lipinski definition) is 1. The fourth-order valence-corrected chi connectivity index (χ4v) is 1.86. The minimum atomic E-state index is -0.245. The highest BCUT2D eigenvalue weighted by molar-refractivity contribution is 6.34. The molecule has 0 fully saturated rings. The lowest BCUT2D eigenvalue weighted by Gasteiger charge is -2.06. The number of aromatic nitrogens is 1. The van der Waals surface area contributed by atoms with Crippen LogP contribution in [-0.4, -0.2) is 17.4 Å². The van der Waals surface area contributed by atoms with Crippen molar-refractivity contribution in [2.45, 2.75) is 6.92 Å². The van der Waals surface area contributed by atoms with Crippen molar-refractivity contribution in [1.29, 1.82) is 0 Å². The van der Waals surface area contributed by atoms with Crippen molar-refractivity contribution in [3.63, 3.8) is 0 Å². The molecule has 1 amide bonds. The number of nitrogens with one attached hydrogen (secondary N) is 1. The molecule has 0 bridgehead atoms. The molecule has 1 N–H and O–H groups in total. The summed E-state index contributed by atoms with van der Waals surface area (Å²) in [6.45, 7) is 6.01. The number of benzene rings is 1.